The molecule has 0 aromatic heterocycles. The number of morpholine rings is 1. The Bertz CT molecular complexity index is 716. The first-order chi connectivity index (χ1) is 12.0. The summed E-state index contributed by atoms with van der Waals surface area (Å²) < 4.78 is 32.0. The number of carbonyl (C=O) groups is 1. The van der Waals surface area contributed by atoms with Crippen LogP contribution in [0.15, 0.2) is 29.2 Å². The van der Waals surface area contributed by atoms with E-state index in [1.54, 1.807) is 18.2 Å². The highest BCUT2D eigenvalue weighted by Crippen LogP contribution is 2.25. The molecule has 0 spiro atoms. The van der Waals surface area contributed by atoms with Crippen molar-refractivity contribution in [3.8, 4) is 0 Å². The van der Waals surface area contributed by atoms with Gasteiger partial charge in [0, 0.05) is 30.7 Å². The quantitative estimate of drug-likeness (QED) is 0.832. The fourth-order valence-electron chi connectivity index (χ4n) is 3.38. The standard InChI is InChI=1S/C17H25N3O4S/c18-14-4-1-3-13(11-14)17(21)19-15-5-2-6-16(12-15)25(22,23)20-7-9-24-10-8-20/h2,5-6,12-14H,1,3-4,7-11,18H2,(H,19,21). The lowest BCUT2D eigenvalue weighted by molar-refractivity contribution is -0.120. The summed E-state index contributed by atoms with van der Waals surface area (Å²) >= 11 is 0. The zero-order valence-corrected chi connectivity index (χ0v) is 15.0. The van der Waals surface area contributed by atoms with Crippen LogP contribution < -0.4 is 11.1 Å². The fourth-order valence-corrected chi connectivity index (χ4v) is 4.83. The van der Waals surface area contributed by atoms with E-state index in [4.69, 9.17) is 10.5 Å². The van der Waals surface area contributed by atoms with Gasteiger partial charge in [-0.15, -0.1) is 0 Å². The van der Waals surface area contributed by atoms with Gasteiger partial charge in [0.25, 0.3) is 0 Å². The van der Waals surface area contributed by atoms with Crippen molar-refractivity contribution in [3.63, 3.8) is 0 Å². The molecular weight excluding hydrogens is 342 g/mol. The lowest BCUT2D eigenvalue weighted by atomic mass is 9.85. The Morgan fingerprint density at radius 2 is 2.00 bits per heavy atom. The molecule has 1 aliphatic heterocycles. The van der Waals surface area contributed by atoms with Crippen molar-refractivity contribution in [2.45, 2.75) is 36.6 Å². The zero-order chi connectivity index (χ0) is 17.9. The SMILES string of the molecule is NC1CCCC(C(=O)Nc2cccc(S(=O)(=O)N3CCOCC3)c2)C1. The number of rotatable bonds is 4. The average Bonchev–Trinajstić information content (AvgIpc) is 2.62. The minimum absolute atomic E-state index is 0.0672. The predicted molar refractivity (Wildman–Crippen MR) is 94.6 cm³/mol. The normalized spacial score (nSPS) is 25.5. The first-order valence-corrected chi connectivity index (χ1v) is 10.2. The molecule has 0 bridgehead atoms. The Hall–Kier alpha value is -1.48. The highest BCUT2D eigenvalue weighted by Gasteiger charge is 2.28. The largest absolute Gasteiger partial charge is 0.379 e. The van der Waals surface area contributed by atoms with Crippen LogP contribution in [0.1, 0.15) is 25.7 Å². The predicted octanol–water partition coefficient (Wildman–Crippen LogP) is 1.16. The van der Waals surface area contributed by atoms with Crippen LogP contribution in [0.2, 0.25) is 0 Å². The van der Waals surface area contributed by atoms with Crippen molar-refractivity contribution in [2.24, 2.45) is 11.7 Å². The molecule has 3 rings (SSSR count). The Kier molecular flexibility index (Phi) is 5.73. The number of amides is 1. The molecular formula is C17H25N3O4S. The number of hydrogen-bond acceptors (Lipinski definition) is 5. The number of hydrogen-bond donors (Lipinski definition) is 2. The maximum atomic E-state index is 12.7. The number of nitrogens with one attached hydrogen (secondary N) is 1. The third-order valence-corrected chi connectivity index (χ3v) is 6.69. The van der Waals surface area contributed by atoms with Gasteiger partial charge in [-0.1, -0.05) is 12.5 Å². The van der Waals surface area contributed by atoms with Crippen LogP contribution in [0.3, 0.4) is 0 Å². The van der Waals surface area contributed by atoms with Gasteiger partial charge in [-0.2, -0.15) is 4.31 Å². The Morgan fingerprint density at radius 1 is 1.24 bits per heavy atom. The molecule has 7 nitrogen and oxygen atoms in total. The molecule has 1 saturated heterocycles. The fraction of sp³-hybridized carbons (Fsp3) is 0.588. The van der Waals surface area contributed by atoms with Gasteiger partial charge in [0.15, 0.2) is 0 Å². The molecule has 2 atom stereocenters. The molecule has 1 aromatic rings. The van der Waals surface area contributed by atoms with Crippen LogP contribution in [0.4, 0.5) is 5.69 Å². The summed E-state index contributed by atoms with van der Waals surface area (Å²) in [7, 11) is -3.57. The minimum Gasteiger partial charge on any atom is -0.379 e. The molecule has 1 saturated carbocycles. The van der Waals surface area contributed by atoms with Gasteiger partial charge in [0.05, 0.1) is 18.1 Å². The molecule has 8 heteroatoms. The molecule has 1 aliphatic carbocycles. The van der Waals surface area contributed by atoms with Crippen molar-refractivity contribution in [3.05, 3.63) is 24.3 Å². The number of nitrogens with zero attached hydrogens (tertiary/aromatic N) is 1. The van der Waals surface area contributed by atoms with Crippen LogP contribution in [0, 0.1) is 5.92 Å². The van der Waals surface area contributed by atoms with E-state index in [0.717, 1.165) is 19.3 Å². The van der Waals surface area contributed by atoms with Crippen molar-refractivity contribution >= 4 is 21.6 Å². The number of ether oxygens (including phenoxy) is 1. The van der Waals surface area contributed by atoms with Crippen molar-refractivity contribution in [2.75, 3.05) is 31.6 Å². The summed E-state index contributed by atoms with van der Waals surface area (Å²) in [6.45, 7) is 1.49. The highest BCUT2D eigenvalue weighted by atomic mass is 32.2. The van der Waals surface area contributed by atoms with Gasteiger partial charge in [-0.3, -0.25) is 4.79 Å². The number of carbonyl (C=O) groups excluding carboxylic acids is 1. The van der Waals surface area contributed by atoms with Gasteiger partial charge in [-0.05, 0) is 37.5 Å². The number of nitrogens with two attached hydrogens (primary N) is 1. The number of benzene rings is 1. The number of anilines is 1. The summed E-state index contributed by atoms with van der Waals surface area (Å²) in [6, 6.07) is 6.49. The van der Waals surface area contributed by atoms with Crippen LogP contribution in [0.25, 0.3) is 0 Å². The van der Waals surface area contributed by atoms with E-state index >= 15 is 0 Å². The molecule has 2 unspecified atom stereocenters. The van der Waals surface area contributed by atoms with Gasteiger partial charge < -0.3 is 15.8 Å². The minimum atomic E-state index is -3.57. The van der Waals surface area contributed by atoms with Crippen molar-refractivity contribution in [1.82, 2.24) is 4.31 Å². The summed E-state index contributed by atoms with van der Waals surface area (Å²) in [5.41, 5.74) is 6.44. The van der Waals surface area contributed by atoms with Gasteiger partial charge in [-0.25, -0.2) is 8.42 Å². The summed E-state index contributed by atoms with van der Waals surface area (Å²) in [5.74, 6) is -0.195. The van der Waals surface area contributed by atoms with E-state index in [1.807, 2.05) is 0 Å². The van der Waals surface area contributed by atoms with Crippen LogP contribution in [0.5, 0.6) is 0 Å². The van der Waals surface area contributed by atoms with Gasteiger partial charge in [0.2, 0.25) is 15.9 Å². The van der Waals surface area contributed by atoms with Crippen LogP contribution >= 0.6 is 0 Å². The maximum absolute atomic E-state index is 12.7. The van der Waals surface area contributed by atoms with E-state index in [0.29, 0.717) is 38.4 Å². The molecule has 138 valence electrons. The second-order valence-electron chi connectivity index (χ2n) is 6.66. The highest BCUT2D eigenvalue weighted by molar-refractivity contribution is 7.89. The summed E-state index contributed by atoms with van der Waals surface area (Å²) in [6.07, 6.45) is 3.41. The van der Waals surface area contributed by atoms with Gasteiger partial charge in [0.1, 0.15) is 0 Å². The molecule has 2 fully saturated rings. The van der Waals surface area contributed by atoms with E-state index in [1.165, 1.54) is 10.4 Å². The molecule has 1 amide bonds. The summed E-state index contributed by atoms with van der Waals surface area (Å²) in [5, 5.41) is 2.85. The summed E-state index contributed by atoms with van der Waals surface area (Å²) in [4.78, 5) is 12.6. The van der Waals surface area contributed by atoms with Crippen molar-refractivity contribution < 1.29 is 17.9 Å². The first-order valence-electron chi connectivity index (χ1n) is 8.71. The smallest absolute Gasteiger partial charge is 0.243 e. The monoisotopic (exact) mass is 367 g/mol. The average molecular weight is 367 g/mol. The molecule has 25 heavy (non-hydrogen) atoms. The van der Waals surface area contributed by atoms with E-state index < -0.39 is 10.0 Å². The van der Waals surface area contributed by atoms with E-state index in [9.17, 15) is 13.2 Å². The second kappa shape index (κ2) is 7.82. The Morgan fingerprint density at radius 3 is 2.72 bits per heavy atom. The Balaban J connectivity index is 1.71. The van der Waals surface area contributed by atoms with Crippen molar-refractivity contribution in [1.29, 1.82) is 0 Å². The van der Waals surface area contributed by atoms with E-state index in [2.05, 4.69) is 5.32 Å². The van der Waals surface area contributed by atoms with Crippen LogP contribution in [-0.2, 0) is 19.6 Å². The van der Waals surface area contributed by atoms with E-state index in [-0.39, 0.29) is 22.8 Å². The zero-order valence-electron chi connectivity index (χ0n) is 14.2. The molecule has 3 N–H and O–H groups in total. The second-order valence-corrected chi connectivity index (χ2v) is 8.60. The molecule has 1 heterocycles. The maximum Gasteiger partial charge on any atom is 0.243 e. The third kappa shape index (κ3) is 4.38. The first kappa shape index (κ1) is 18.3. The third-order valence-electron chi connectivity index (χ3n) is 4.79. The number of sulfonamides is 1. The molecule has 2 aliphatic rings. The van der Waals surface area contributed by atoms with Gasteiger partial charge >= 0.3 is 0 Å². The topological polar surface area (TPSA) is 102 Å². The lowest BCUT2D eigenvalue weighted by Crippen LogP contribution is -2.40. The molecule has 1 aromatic carbocycles. The molecule has 0 radical (unpaired) electrons. The Labute approximate surface area is 148 Å². The lowest BCUT2D eigenvalue weighted by Gasteiger charge is -2.27. The van der Waals surface area contributed by atoms with Crippen LogP contribution in [-0.4, -0.2) is 51.0 Å².